The number of ether oxygens (including phenoxy) is 1. The predicted molar refractivity (Wildman–Crippen MR) is 113 cm³/mol. The number of carbonyl (C=O) groups excluding carboxylic acids is 2. The zero-order chi connectivity index (χ0) is 20.1. The third-order valence-electron chi connectivity index (χ3n) is 4.50. The van der Waals surface area contributed by atoms with Crippen molar-refractivity contribution in [2.45, 2.75) is 4.90 Å². The van der Waals surface area contributed by atoms with E-state index < -0.39 is 0 Å². The molecule has 3 rings (SSSR count). The van der Waals surface area contributed by atoms with Crippen molar-refractivity contribution in [3.8, 4) is 5.75 Å². The third kappa shape index (κ3) is 5.13. The summed E-state index contributed by atoms with van der Waals surface area (Å²) in [7, 11) is 0. The maximum absolute atomic E-state index is 12.8. The van der Waals surface area contributed by atoms with Crippen LogP contribution in [0.15, 0.2) is 47.4 Å². The monoisotopic (exact) mass is 438 g/mol. The summed E-state index contributed by atoms with van der Waals surface area (Å²) in [4.78, 5) is 29.6. The molecule has 0 bridgehead atoms. The van der Waals surface area contributed by atoms with Crippen molar-refractivity contribution in [2.24, 2.45) is 0 Å². The smallest absolute Gasteiger partial charge is 0.260 e. The van der Waals surface area contributed by atoms with Gasteiger partial charge in [-0.2, -0.15) is 0 Å². The van der Waals surface area contributed by atoms with E-state index in [0.717, 1.165) is 4.90 Å². The SMILES string of the molecule is CSc1ccc(Cl)c(C(=O)N2CCN(C(=O)COc3ccc(Cl)cc3)CC2)c1. The van der Waals surface area contributed by atoms with Crippen molar-refractivity contribution >= 4 is 46.8 Å². The van der Waals surface area contributed by atoms with E-state index in [2.05, 4.69) is 0 Å². The van der Waals surface area contributed by atoms with Crippen LogP contribution in [0.1, 0.15) is 10.4 Å². The van der Waals surface area contributed by atoms with Gasteiger partial charge in [0.25, 0.3) is 11.8 Å². The van der Waals surface area contributed by atoms with E-state index in [9.17, 15) is 9.59 Å². The molecule has 2 aromatic carbocycles. The van der Waals surface area contributed by atoms with Gasteiger partial charge in [-0.15, -0.1) is 11.8 Å². The molecule has 148 valence electrons. The summed E-state index contributed by atoms with van der Waals surface area (Å²) in [6.07, 6.45) is 1.95. The van der Waals surface area contributed by atoms with E-state index in [1.807, 2.05) is 18.4 Å². The lowest BCUT2D eigenvalue weighted by Crippen LogP contribution is -2.51. The van der Waals surface area contributed by atoms with Gasteiger partial charge in [-0.3, -0.25) is 9.59 Å². The van der Waals surface area contributed by atoms with Crippen LogP contribution in [0.2, 0.25) is 10.0 Å². The van der Waals surface area contributed by atoms with Crippen molar-refractivity contribution in [2.75, 3.05) is 39.0 Å². The molecule has 0 radical (unpaired) electrons. The highest BCUT2D eigenvalue weighted by atomic mass is 35.5. The fraction of sp³-hybridized carbons (Fsp3) is 0.300. The molecule has 0 aliphatic carbocycles. The van der Waals surface area contributed by atoms with Crippen LogP contribution in [-0.2, 0) is 4.79 Å². The van der Waals surface area contributed by atoms with Gasteiger partial charge in [0.15, 0.2) is 6.61 Å². The number of nitrogens with zero attached hydrogens (tertiary/aromatic N) is 2. The summed E-state index contributed by atoms with van der Waals surface area (Å²) >= 11 is 13.6. The van der Waals surface area contributed by atoms with E-state index >= 15 is 0 Å². The Morgan fingerprint density at radius 3 is 2.29 bits per heavy atom. The summed E-state index contributed by atoms with van der Waals surface area (Å²) < 4.78 is 5.51. The number of hydrogen-bond donors (Lipinski definition) is 0. The molecule has 2 amide bonds. The second kappa shape index (κ2) is 9.54. The second-order valence-corrected chi connectivity index (χ2v) is 7.98. The quantitative estimate of drug-likeness (QED) is 0.659. The molecule has 1 heterocycles. The van der Waals surface area contributed by atoms with Gasteiger partial charge in [-0.1, -0.05) is 23.2 Å². The minimum absolute atomic E-state index is 0.0445. The minimum atomic E-state index is -0.107. The first-order valence-electron chi connectivity index (χ1n) is 8.77. The van der Waals surface area contributed by atoms with Crippen LogP contribution in [0, 0.1) is 0 Å². The van der Waals surface area contributed by atoms with Crippen molar-refractivity contribution in [1.82, 2.24) is 9.80 Å². The highest BCUT2D eigenvalue weighted by molar-refractivity contribution is 7.98. The molecular weight excluding hydrogens is 419 g/mol. The average Bonchev–Trinajstić information content (AvgIpc) is 2.73. The lowest BCUT2D eigenvalue weighted by atomic mass is 10.1. The van der Waals surface area contributed by atoms with Gasteiger partial charge in [0, 0.05) is 36.1 Å². The molecule has 2 aromatic rings. The maximum atomic E-state index is 12.8. The molecule has 0 aromatic heterocycles. The van der Waals surface area contributed by atoms with Crippen LogP contribution in [0.25, 0.3) is 0 Å². The molecular formula is C20H20Cl2N2O3S. The molecule has 0 N–H and O–H groups in total. The molecule has 5 nitrogen and oxygen atoms in total. The number of benzene rings is 2. The molecule has 1 aliphatic rings. The van der Waals surface area contributed by atoms with Gasteiger partial charge in [-0.25, -0.2) is 0 Å². The third-order valence-corrected chi connectivity index (χ3v) is 5.81. The molecule has 1 fully saturated rings. The maximum Gasteiger partial charge on any atom is 0.260 e. The topological polar surface area (TPSA) is 49.9 Å². The first kappa shape index (κ1) is 20.8. The number of amides is 2. The zero-order valence-corrected chi connectivity index (χ0v) is 17.7. The number of thioether (sulfide) groups is 1. The van der Waals surface area contributed by atoms with Gasteiger partial charge >= 0.3 is 0 Å². The summed E-state index contributed by atoms with van der Waals surface area (Å²) in [6.45, 7) is 1.82. The Morgan fingerprint density at radius 1 is 1.00 bits per heavy atom. The lowest BCUT2D eigenvalue weighted by Gasteiger charge is -2.35. The summed E-state index contributed by atoms with van der Waals surface area (Å²) in [5.74, 6) is 0.379. The molecule has 0 spiro atoms. The average molecular weight is 439 g/mol. The molecule has 0 saturated carbocycles. The van der Waals surface area contributed by atoms with Gasteiger partial charge in [0.05, 0.1) is 10.6 Å². The highest BCUT2D eigenvalue weighted by Crippen LogP contribution is 2.24. The van der Waals surface area contributed by atoms with E-state index in [-0.39, 0.29) is 18.4 Å². The number of piperazine rings is 1. The van der Waals surface area contributed by atoms with Crippen molar-refractivity contribution in [3.63, 3.8) is 0 Å². The predicted octanol–water partition coefficient (Wildman–Crippen LogP) is 4.08. The highest BCUT2D eigenvalue weighted by Gasteiger charge is 2.26. The first-order valence-corrected chi connectivity index (χ1v) is 10.7. The number of rotatable bonds is 5. The first-order chi connectivity index (χ1) is 13.5. The largest absolute Gasteiger partial charge is 0.484 e. The Morgan fingerprint density at radius 2 is 1.64 bits per heavy atom. The molecule has 0 atom stereocenters. The van der Waals surface area contributed by atoms with Crippen LogP contribution < -0.4 is 4.74 Å². The van der Waals surface area contributed by atoms with E-state index in [1.165, 1.54) is 0 Å². The number of carbonyl (C=O) groups is 2. The summed E-state index contributed by atoms with van der Waals surface area (Å²) in [6, 6.07) is 12.3. The zero-order valence-electron chi connectivity index (χ0n) is 15.4. The fourth-order valence-electron chi connectivity index (χ4n) is 2.89. The van der Waals surface area contributed by atoms with E-state index in [4.69, 9.17) is 27.9 Å². The number of halogens is 2. The molecule has 1 saturated heterocycles. The van der Waals surface area contributed by atoms with Crippen molar-refractivity contribution in [1.29, 1.82) is 0 Å². The standard InChI is InChI=1S/C20H20Cl2N2O3S/c1-28-16-6-7-18(22)17(12-16)20(26)24-10-8-23(9-11-24)19(25)13-27-15-4-2-14(21)3-5-15/h2-7,12H,8-11,13H2,1H3. The summed E-state index contributed by atoms with van der Waals surface area (Å²) in [5, 5.41) is 1.06. The molecule has 28 heavy (non-hydrogen) atoms. The van der Waals surface area contributed by atoms with E-state index in [1.54, 1.807) is 51.9 Å². The van der Waals surface area contributed by atoms with Crippen LogP contribution in [-0.4, -0.2) is 60.7 Å². The van der Waals surface area contributed by atoms with Crippen LogP contribution >= 0.6 is 35.0 Å². The second-order valence-electron chi connectivity index (χ2n) is 6.26. The Labute approximate surface area is 178 Å². The molecule has 8 heteroatoms. The van der Waals surface area contributed by atoms with Crippen LogP contribution in [0.3, 0.4) is 0 Å². The molecule has 0 unspecified atom stereocenters. The van der Waals surface area contributed by atoms with Gasteiger partial charge in [-0.05, 0) is 48.7 Å². The Bertz CT molecular complexity index is 853. The number of hydrogen-bond acceptors (Lipinski definition) is 4. The van der Waals surface area contributed by atoms with Crippen molar-refractivity contribution < 1.29 is 14.3 Å². The minimum Gasteiger partial charge on any atom is -0.484 e. The Hall–Kier alpha value is -1.89. The van der Waals surface area contributed by atoms with Gasteiger partial charge in [0.1, 0.15) is 5.75 Å². The van der Waals surface area contributed by atoms with Crippen LogP contribution in [0.4, 0.5) is 0 Å². The fourth-order valence-corrected chi connectivity index (χ4v) is 3.66. The van der Waals surface area contributed by atoms with Gasteiger partial charge < -0.3 is 14.5 Å². The Kier molecular flexibility index (Phi) is 7.10. The Balaban J connectivity index is 1.53. The van der Waals surface area contributed by atoms with Gasteiger partial charge in [0.2, 0.25) is 0 Å². The molecule has 1 aliphatic heterocycles. The normalized spacial score (nSPS) is 14.1. The lowest BCUT2D eigenvalue weighted by molar-refractivity contribution is -0.134. The summed E-state index contributed by atoms with van der Waals surface area (Å²) in [5.41, 5.74) is 0.499. The van der Waals surface area contributed by atoms with E-state index in [0.29, 0.717) is 47.5 Å². The van der Waals surface area contributed by atoms with Crippen molar-refractivity contribution in [3.05, 3.63) is 58.1 Å². The van der Waals surface area contributed by atoms with Crippen LogP contribution in [0.5, 0.6) is 5.75 Å².